The van der Waals surface area contributed by atoms with E-state index in [1.54, 1.807) is 11.3 Å². The van der Waals surface area contributed by atoms with E-state index in [4.69, 9.17) is 0 Å². The summed E-state index contributed by atoms with van der Waals surface area (Å²) in [5, 5.41) is 8.10. The van der Waals surface area contributed by atoms with E-state index in [0.29, 0.717) is 6.04 Å². The standard InChI is InChI=1S/C17H23NS2/c1-3-8-18-16(11-15-7-9-19-12-15)13-20-17-6-4-5-14(2)10-17/h4-7,9-10,12,16,18H,3,8,11,13H2,1-2H3. The molecule has 0 aliphatic rings. The fourth-order valence-corrected chi connectivity index (χ4v) is 3.89. The third-order valence-electron chi connectivity index (χ3n) is 3.19. The molecular weight excluding hydrogens is 282 g/mol. The Morgan fingerprint density at radius 3 is 2.90 bits per heavy atom. The Labute approximate surface area is 130 Å². The third kappa shape index (κ3) is 5.31. The Kier molecular flexibility index (Phi) is 6.64. The van der Waals surface area contributed by atoms with Crippen molar-refractivity contribution >= 4 is 23.1 Å². The van der Waals surface area contributed by atoms with Crippen molar-refractivity contribution in [3.63, 3.8) is 0 Å². The molecule has 3 heteroatoms. The summed E-state index contributed by atoms with van der Waals surface area (Å²) in [4.78, 5) is 1.37. The topological polar surface area (TPSA) is 12.0 Å². The van der Waals surface area contributed by atoms with Crippen LogP contribution in [0.15, 0.2) is 46.0 Å². The summed E-state index contributed by atoms with van der Waals surface area (Å²) in [5.74, 6) is 1.12. The molecule has 0 amide bonds. The van der Waals surface area contributed by atoms with Crippen LogP contribution in [-0.2, 0) is 6.42 Å². The van der Waals surface area contributed by atoms with Gasteiger partial charge in [0, 0.05) is 16.7 Å². The van der Waals surface area contributed by atoms with E-state index in [-0.39, 0.29) is 0 Å². The molecular formula is C17H23NS2. The first-order chi connectivity index (χ1) is 9.78. The molecule has 20 heavy (non-hydrogen) atoms. The van der Waals surface area contributed by atoms with Crippen LogP contribution in [-0.4, -0.2) is 18.3 Å². The van der Waals surface area contributed by atoms with Gasteiger partial charge in [0.1, 0.15) is 0 Å². The number of thioether (sulfide) groups is 1. The molecule has 1 unspecified atom stereocenters. The molecule has 1 aromatic carbocycles. The molecule has 0 spiro atoms. The molecule has 1 aromatic heterocycles. The van der Waals surface area contributed by atoms with Gasteiger partial charge in [-0.1, -0.05) is 24.6 Å². The van der Waals surface area contributed by atoms with Crippen molar-refractivity contribution in [1.82, 2.24) is 5.32 Å². The lowest BCUT2D eigenvalue weighted by molar-refractivity contribution is 0.551. The number of hydrogen-bond donors (Lipinski definition) is 1. The largest absolute Gasteiger partial charge is 0.313 e. The molecule has 1 atom stereocenters. The van der Waals surface area contributed by atoms with Crippen LogP contribution < -0.4 is 5.32 Å². The first-order valence-corrected chi connectivity index (χ1v) is 9.14. The minimum absolute atomic E-state index is 0.551. The van der Waals surface area contributed by atoms with Crippen LogP contribution in [0.1, 0.15) is 24.5 Å². The quantitative estimate of drug-likeness (QED) is 0.706. The van der Waals surface area contributed by atoms with Gasteiger partial charge in [-0.25, -0.2) is 0 Å². The van der Waals surface area contributed by atoms with Gasteiger partial charge >= 0.3 is 0 Å². The van der Waals surface area contributed by atoms with Crippen molar-refractivity contribution in [3.05, 3.63) is 52.2 Å². The van der Waals surface area contributed by atoms with E-state index in [1.807, 2.05) is 11.8 Å². The van der Waals surface area contributed by atoms with Gasteiger partial charge in [0.2, 0.25) is 0 Å². The Morgan fingerprint density at radius 2 is 2.20 bits per heavy atom. The first kappa shape index (κ1) is 15.6. The lowest BCUT2D eigenvalue weighted by Crippen LogP contribution is -2.33. The van der Waals surface area contributed by atoms with Crippen molar-refractivity contribution in [2.45, 2.75) is 37.6 Å². The van der Waals surface area contributed by atoms with E-state index < -0.39 is 0 Å². The summed E-state index contributed by atoms with van der Waals surface area (Å²) in [6, 6.07) is 11.6. The second-order valence-corrected chi connectivity index (χ2v) is 6.99. The lowest BCUT2D eigenvalue weighted by Gasteiger charge is -2.17. The normalized spacial score (nSPS) is 12.5. The average molecular weight is 306 g/mol. The number of hydrogen-bond acceptors (Lipinski definition) is 3. The van der Waals surface area contributed by atoms with E-state index in [2.05, 4.69) is 60.3 Å². The third-order valence-corrected chi connectivity index (χ3v) is 5.07. The van der Waals surface area contributed by atoms with Gasteiger partial charge in [0.05, 0.1) is 0 Å². The van der Waals surface area contributed by atoms with E-state index in [1.165, 1.54) is 22.4 Å². The number of thiophene rings is 1. The molecule has 0 bridgehead atoms. The van der Waals surface area contributed by atoms with Crippen LogP contribution in [0, 0.1) is 6.92 Å². The molecule has 0 saturated carbocycles. The van der Waals surface area contributed by atoms with Gasteiger partial charge in [0.15, 0.2) is 0 Å². The number of aryl methyl sites for hydroxylation is 1. The smallest absolute Gasteiger partial charge is 0.0202 e. The van der Waals surface area contributed by atoms with Crippen LogP contribution in [0.5, 0.6) is 0 Å². The molecule has 0 saturated heterocycles. The summed E-state index contributed by atoms with van der Waals surface area (Å²) in [6.07, 6.45) is 2.32. The molecule has 0 aliphatic heterocycles. The van der Waals surface area contributed by atoms with Crippen molar-refractivity contribution < 1.29 is 0 Å². The highest BCUT2D eigenvalue weighted by Gasteiger charge is 2.10. The molecule has 1 heterocycles. The molecule has 0 fully saturated rings. The molecule has 2 rings (SSSR count). The fraction of sp³-hybridized carbons (Fsp3) is 0.412. The maximum atomic E-state index is 3.68. The van der Waals surface area contributed by atoms with Crippen molar-refractivity contribution in [2.24, 2.45) is 0 Å². The molecule has 0 aliphatic carbocycles. The van der Waals surface area contributed by atoms with E-state index in [0.717, 1.165) is 18.7 Å². The highest BCUT2D eigenvalue weighted by molar-refractivity contribution is 7.99. The van der Waals surface area contributed by atoms with Gasteiger partial charge in [0.25, 0.3) is 0 Å². The monoisotopic (exact) mass is 305 g/mol. The predicted octanol–water partition coefficient (Wildman–Crippen LogP) is 4.76. The van der Waals surface area contributed by atoms with Crippen LogP contribution >= 0.6 is 23.1 Å². The molecule has 0 radical (unpaired) electrons. The van der Waals surface area contributed by atoms with E-state index >= 15 is 0 Å². The SMILES string of the molecule is CCCNC(CSc1cccc(C)c1)Cc1ccsc1. The van der Waals surface area contributed by atoms with Gasteiger partial charge in [-0.05, 0) is 60.8 Å². The van der Waals surface area contributed by atoms with Crippen LogP contribution in [0.2, 0.25) is 0 Å². The molecule has 1 nitrogen and oxygen atoms in total. The molecule has 2 aromatic rings. The van der Waals surface area contributed by atoms with Crippen LogP contribution in [0.4, 0.5) is 0 Å². The Balaban J connectivity index is 1.89. The average Bonchev–Trinajstić information content (AvgIpc) is 2.95. The van der Waals surface area contributed by atoms with Crippen molar-refractivity contribution in [1.29, 1.82) is 0 Å². The summed E-state index contributed by atoms with van der Waals surface area (Å²) in [6.45, 7) is 5.48. The maximum absolute atomic E-state index is 3.68. The summed E-state index contributed by atoms with van der Waals surface area (Å²) < 4.78 is 0. The van der Waals surface area contributed by atoms with Gasteiger partial charge in [-0.3, -0.25) is 0 Å². The Bertz CT molecular complexity index is 493. The zero-order valence-corrected chi connectivity index (χ0v) is 13.9. The summed E-state index contributed by atoms with van der Waals surface area (Å²) in [7, 11) is 0. The summed E-state index contributed by atoms with van der Waals surface area (Å²) >= 11 is 3.74. The van der Waals surface area contributed by atoms with Crippen LogP contribution in [0.3, 0.4) is 0 Å². The zero-order chi connectivity index (χ0) is 14.2. The number of benzene rings is 1. The van der Waals surface area contributed by atoms with Crippen molar-refractivity contribution in [3.8, 4) is 0 Å². The Hall–Kier alpha value is -0.770. The van der Waals surface area contributed by atoms with Crippen molar-refractivity contribution in [2.75, 3.05) is 12.3 Å². The minimum atomic E-state index is 0.551. The molecule has 108 valence electrons. The highest BCUT2D eigenvalue weighted by Crippen LogP contribution is 2.21. The molecule has 1 N–H and O–H groups in total. The van der Waals surface area contributed by atoms with Gasteiger partial charge < -0.3 is 5.32 Å². The highest BCUT2D eigenvalue weighted by atomic mass is 32.2. The predicted molar refractivity (Wildman–Crippen MR) is 92.0 cm³/mol. The maximum Gasteiger partial charge on any atom is 0.0202 e. The zero-order valence-electron chi connectivity index (χ0n) is 12.3. The number of rotatable bonds is 8. The Morgan fingerprint density at radius 1 is 1.30 bits per heavy atom. The van der Waals surface area contributed by atoms with Gasteiger partial charge in [-0.15, -0.1) is 11.8 Å². The minimum Gasteiger partial charge on any atom is -0.313 e. The van der Waals surface area contributed by atoms with E-state index in [9.17, 15) is 0 Å². The number of nitrogens with one attached hydrogen (secondary N) is 1. The summed E-state index contributed by atoms with van der Waals surface area (Å²) in [5.41, 5.74) is 2.79. The first-order valence-electron chi connectivity index (χ1n) is 7.22. The van der Waals surface area contributed by atoms with Crippen LogP contribution in [0.25, 0.3) is 0 Å². The second-order valence-electron chi connectivity index (χ2n) is 5.11. The second kappa shape index (κ2) is 8.50. The van der Waals surface area contributed by atoms with Gasteiger partial charge in [-0.2, -0.15) is 11.3 Å². The fourth-order valence-electron chi connectivity index (χ4n) is 2.13. The lowest BCUT2D eigenvalue weighted by atomic mass is 10.1.